The van der Waals surface area contributed by atoms with Gasteiger partial charge in [-0.1, -0.05) is 32.1 Å². The van der Waals surface area contributed by atoms with Crippen molar-refractivity contribution in [2.24, 2.45) is 23.7 Å². The third-order valence-corrected chi connectivity index (χ3v) is 3.55. The molecule has 0 bridgehead atoms. The van der Waals surface area contributed by atoms with E-state index in [0.717, 1.165) is 18.4 Å². The SMILES string of the molecule is C=CC1CCC(C(C)C)C(=O)C1C(=C)C. The van der Waals surface area contributed by atoms with Gasteiger partial charge in [-0.25, -0.2) is 0 Å². The molecule has 1 rings (SSSR count). The molecule has 1 nitrogen and oxygen atoms in total. The highest BCUT2D eigenvalue weighted by Gasteiger charge is 2.38. The molecule has 15 heavy (non-hydrogen) atoms. The highest BCUT2D eigenvalue weighted by Crippen LogP contribution is 2.38. The van der Waals surface area contributed by atoms with E-state index in [1.54, 1.807) is 0 Å². The minimum atomic E-state index is 0.0173. The molecule has 0 heterocycles. The van der Waals surface area contributed by atoms with Crippen LogP contribution in [-0.4, -0.2) is 5.78 Å². The van der Waals surface area contributed by atoms with Gasteiger partial charge >= 0.3 is 0 Å². The first-order chi connectivity index (χ1) is 6.99. The molecule has 84 valence electrons. The van der Waals surface area contributed by atoms with Crippen molar-refractivity contribution < 1.29 is 4.79 Å². The van der Waals surface area contributed by atoms with Crippen LogP contribution in [0.3, 0.4) is 0 Å². The fraction of sp³-hybridized carbons (Fsp3) is 0.643. The average Bonchev–Trinajstić information content (AvgIpc) is 2.15. The average molecular weight is 206 g/mol. The lowest BCUT2D eigenvalue weighted by Crippen LogP contribution is -2.37. The van der Waals surface area contributed by atoms with Crippen molar-refractivity contribution in [1.82, 2.24) is 0 Å². The Balaban J connectivity index is 2.90. The molecule has 0 N–H and O–H groups in total. The monoisotopic (exact) mass is 206 g/mol. The Morgan fingerprint density at radius 3 is 2.47 bits per heavy atom. The number of carbonyl (C=O) groups excluding carboxylic acids is 1. The van der Waals surface area contributed by atoms with Crippen LogP contribution in [0.1, 0.15) is 33.6 Å². The van der Waals surface area contributed by atoms with Gasteiger partial charge in [0, 0.05) is 11.8 Å². The van der Waals surface area contributed by atoms with Crippen molar-refractivity contribution in [3.05, 3.63) is 24.8 Å². The lowest BCUT2D eigenvalue weighted by molar-refractivity contribution is -0.130. The molecule has 0 aromatic carbocycles. The summed E-state index contributed by atoms with van der Waals surface area (Å²) < 4.78 is 0. The molecule has 3 atom stereocenters. The molecule has 0 aliphatic heterocycles. The van der Waals surface area contributed by atoms with Crippen LogP contribution in [0.5, 0.6) is 0 Å². The summed E-state index contributed by atoms with van der Waals surface area (Å²) in [5.74, 6) is 1.38. The van der Waals surface area contributed by atoms with E-state index >= 15 is 0 Å². The van der Waals surface area contributed by atoms with E-state index in [1.165, 1.54) is 0 Å². The van der Waals surface area contributed by atoms with Crippen LogP contribution in [0, 0.1) is 23.7 Å². The first-order valence-corrected chi connectivity index (χ1v) is 5.80. The second-order valence-corrected chi connectivity index (χ2v) is 5.05. The number of hydrogen-bond donors (Lipinski definition) is 0. The number of Topliss-reactive ketones (excluding diaryl/α,β-unsaturated/α-hetero) is 1. The summed E-state index contributed by atoms with van der Waals surface area (Å²) in [7, 11) is 0. The number of hydrogen-bond acceptors (Lipinski definition) is 1. The van der Waals surface area contributed by atoms with Gasteiger partial charge in [-0.2, -0.15) is 0 Å². The maximum absolute atomic E-state index is 12.3. The van der Waals surface area contributed by atoms with Crippen molar-refractivity contribution in [3.8, 4) is 0 Å². The molecule has 0 radical (unpaired) electrons. The van der Waals surface area contributed by atoms with Gasteiger partial charge in [-0.15, -0.1) is 6.58 Å². The smallest absolute Gasteiger partial charge is 0.143 e. The van der Waals surface area contributed by atoms with Crippen LogP contribution in [0.25, 0.3) is 0 Å². The summed E-state index contributed by atoms with van der Waals surface area (Å²) in [5, 5.41) is 0. The molecule has 0 spiro atoms. The first kappa shape index (κ1) is 12.2. The molecule has 3 unspecified atom stereocenters. The third-order valence-electron chi connectivity index (χ3n) is 3.55. The second kappa shape index (κ2) is 4.78. The number of carbonyl (C=O) groups is 1. The van der Waals surface area contributed by atoms with Crippen LogP contribution < -0.4 is 0 Å². The number of ketones is 1. The standard InChI is InChI=1S/C14H22O/c1-6-11-7-8-12(9(2)3)14(15)13(11)10(4)5/h6,9,11-13H,1,4,7-8H2,2-3,5H3. The Labute approximate surface area is 93.3 Å². The molecule has 1 fully saturated rings. The lowest BCUT2D eigenvalue weighted by Gasteiger charge is -2.35. The molecule has 0 aromatic rings. The quantitative estimate of drug-likeness (QED) is 0.645. The van der Waals surface area contributed by atoms with Crippen molar-refractivity contribution in [2.75, 3.05) is 0 Å². The molecule has 0 saturated heterocycles. The second-order valence-electron chi connectivity index (χ2n) is 5.05. The van der Waals surface area contributed by atoms with Gasteiger partial charge in [-0.3, -0.25) is 4.79 Å². The van der Waals surface area contributed by atoms with Crippen LogP contribution in [-0.2, 0) is 4.79 Å². The summed E-state index contributed by atoms with van der Waals surface area (Å²) in [6, 6.07) is 0. The highest BCUT2D eigenvalue weighted by molar-refractivity contribution is 5.87. The molecular formula is C14H22O. The van der Waals surface area contributed by atoms with Gasteiger partial charge in [0.25, 0.3) is 0 Å². The van der Waals surface area contributed by atoms with E-state index in [0.29, 0.717) is 17.6 Å². The van der Waals surface area contributed by atoms with Crippen LogP contribution in [0.15, 0.2) is 24.8 Å². The Morgan fingerprint density at radius 2 is 2.07 bits per heavy atom. The summed E-state index contributed by atoms with van der Waals surface area (Å²) >= 11 is 0. The predicted octanol–water partition coefficient (Wildman–Crippen LogP) is 3.62. The zero-order valence-electron chi connectivity index (χ0n) is 10.1. The molecule has 1 saturated carbocycles. The van der Waals surface area contributed by atoms with E-state index in [1.807, 2.05) is 13.0 Å². The summed E-state index contributed by atoms with van der Waals surface area (Å²) in [6.45, 7) is 14.0. The Bertz CT molecular complexity index is 275. The van der Waals surface area contributed by atoms with E-state index in [9.17, 15) is 4.79 Å². The Morgan fingerprint density at radius 1 is 1.47 bits per heavy atom. The van der Waals surface area contributed by atoms with Gasteiger partial charge in [-0.05, 0) is 31.6 Å². The molecular weight excluding hydrogens is 184 g/mol. The maximum atomic E-state index is 12.3. The van der Waals surface area contributed by atoms with Gasteiger partial charge < -0.3 is 0 Å². The van der Waals surface area contributed by atoms with Crippen molar-refractivity contribution in [3.63, 3.8) is 0 Å². The van der Waals surface area contributed by atoms with Crippen LogP contribution >= 0.6 is 0 Å². The van der Waals surface area contributed by atoms with Gasteiger partial charge in [0.2, 0.25) is 0 Å². The summed E-state index contributed by atoms with van der Waals surface area (Å²) in [5.41, 5.74) is 0.996. The zero-order valence-corrected chi connectivity index (χ0v) is 10.1. The van der Waals surface area contributed by atoms with Gasteiger partial charge in [0.05, 0.1) is 0 Å². The Hall–Kier alpha value is -0.850. The van der Waals surface area contributed by atoms with Crippen molar-refractivity contribution in [1.29, 1.82) is 0 Å². The minimum absolute atomic E-state index is 0.0173. The molecule has 1 heteroatoms. The molecule has 1 aliphatic carbocycles. The Kier molecular flexibility index (Phi) is 3.90. The minimum Gasteiger partial charge on any atom is -0.299 e. The number of rotatable bonds is 3. The largest absolute Gasteiger partial charge is 0.299 e. The van der Waals surface area contributed by atoms with Crippen molar-refractivity contribution >= 4 is 5.78 Å². The third kappa shape index (κ3) is 2.39. The number of allylic oxidation sites excluding steroid dienone is 2. The summed E-state index contributed by atoms with van der Waals surface area (Å²) in [4.78, 5) is 12.3. The van der Waals surface area contributed by atoms with Crippen molar-refractivity contribution in [2.45, 2.75) is 33.6 Å². The van der Waals surface area contributed by atoms with Gasteiger partial charge in [0.15, 0.2) is 0 Å². The normalized spacial score (nSPS) is 31.7. The first-order valence-electron chi connectivity index (χ1n) is 5.80. The van der Waals surface area contributed by atoms with E-state index in [2.05, 4.69) is 27.0 Å². The highest BCUT2D eigenvalue weighted by atomic mass is 16.1. The zero-order chi connectivity index (χ0) is 11.6. The molecule has 0 aromatic heterocycles. The topological polar surface area (TPSA) is 17.1 Å². The predicted molar refractivity (Wildman–Crippen MR) is 64.6 cm³/mol. The van der Waals surface area contributed by atoms with E-state index in [-0.39, 0.29) is 11.8 Å². The fourth-order valence-electron chi connectivity index (χ4n) is 2.65. The van der Waals surface area contributed by atoms with Crippen LogP contribution in [0.2, 0.25) is 0 Å². The maximum Gasteiger partial charge on any atom is 0.143 e. The van der Waals surface area contributed by atoms with E-state index < -0.39 is 0 Å². The molecule has 1 aliphatic rings. The lowest BCUT2D eigenvalue weighted by atomic mass is 9.67. The van der Waals surface area contributed by atoms with E-state index in [4.69, 9.17) is 0 Å². The van der Waals surface area contributed by atoms with Gasteiger partial charge in [0.1, 0.15) is 5.78 Å². The van der Waals surface area contributed by atoms with Crippen LogP contribution in [0.4, 0.5) is 0 Å². The summed E-state index contributed by atoms with van der Waals surface area (Å²) in [6.07, 6.45) is 4.01. The molecule has 0 amide bonds. The fourth-order valence-corrected chi connectivity index (χ4v) is 2.65.